The first-order valence-electron chi connectivity index (χ1n) is 10.7. The Morgan fingerprint density at radius 2 is 1.81 bits per heavy atom. The van der Waals surface area contributed by atoms with Gasteiger partial charge in [-0.25, -0.2) is 0 Å². The first-order valence-corrected chi connectivity index (χ1v) is 10.7. The second-order valence-electron chi connectivity index (χ2n) is 8.85. The normalized spacial score (nSPS) is 11.5. The maximum absolute atomic E-state index is 6.07. The number of ether oxygens (including phenoxy) is 1. The van der Waals surface area contributed by atoms with Crippen LogP contribution in [0, 0.1) is 17.3 Å². The average Bonchev–Trinajstić information content (AvgIpc) is 3.27. The maximum Gasteiger partial charge on any atom is 0.120 e. The maximum atomic E-state index is 6.07. The molecule has 3 rings (SSSR count). The van der Waals surface area contributed by atoms with Crippen molar-refractivity contribution in [1.82, 2.24) is 9.88 Å². The third-order valence-electron chi connectivity index (χ3n) is 4.68. The first kappa shape index (κ1) is 22.5. The summed E-state index contributed by atoms with van der Waals surface area (Å²) in [5, 5.41) is 0. The molecular weight excluding hydrogens is 380 g/mol. The van der Waals surface area contributed by atoms with Gasteiger partial charge >= 0.3 is 0 Å². The Balaban J connectivity index is 1.53. The number of benzene rings is 2. The Morgan fingerprint density at radius 3 is 2.58 bits per heavy atom. The number of nitrogens with zero attached hydrogens (tertiary/aromatic N) is 1. The second kappa shape index (κ2) is 10.7. The Kier molecular flexibility index (Phi) is 7.76. The van der Waals surface area contributed by atoms with Gasteiger partial charge in [0.15, 0.2) is 0 Å². The van der Waals surface area contributed by atoms with Gasteiger partial charge in [-0.2, -0.15) is 0 Å². The minimum absolute atomic E-state index is 0.0417. The van der Waals surface area contributed by atoms with Crippen LogP contribution in [0.2, 0.25) is 0 Å². The molecule has 0 unspecified atom stereocenters. The summed E-state index contributed by atoms with van der Waals surface area (Å²) < 4.78 is 6.07. The quantitative estimate of drug-likeness (QED) is 0.440. The summed E-state index contributed by atoms with van der Waals surface area (Å²) in [5.74, 6) is 7.23. The molecule has 0 saturated heterocycles. The van der Waals surface area contributed by atoms with Crippen LogP contribution in [0.1, 0.15) is 31.9 Å². The summed E-state index contributed by atoms with van der Waals surface area (Å²) in [5.41, 5.74) is 4.81. The molecular formula is C28H32N2O. The number of H-pyrrole nitrogens is 1. The minimum Gasteiger partial charge on any atom is -0.489 e. The Labute approximate surface area is 186 Å². The van der Waals surface area contributed by atoms with E-state index in [1.807, 2.05) is 24.5 Å². The monoisotopic (exact) mass is 412 g/mol. The molecule has 3 aromatic rings. The van der Waals surface area contributed by atoms with E-state index >= 15 is 0 Å². The van der Waals surface area contributed by atoms with Crippen molar-refractivity contribution < 1.29 is 4.74 Å². The summed E-state index contributed by atoms with van der Waals surface area (Å²) in [4.78, 5) is 5.36. The number of aromatic amines is 1. The predicted octanol–water partition coefficient (Wildman–Crippen LogP) is 6.30. The fourth-order valence-electron chi connectivity index (χ4n) is 3.17. The Hall–Kier alpha value is -3.22. The van der Waals surface area contributed by atoms with Crippen molar-refractivity contribution in [2.45, 2.75) is 33.9 Å². The summed E-state index contributed by atoms with van der Waals surface area (Å²) in [6, 6.07) is 18.9. The average molecular weight is 413 g/mol. The molecule has 0 fully saturated rings. The van der Waals surface area contributed by atoms with Crippen molar-refractivity contribution in [3.05, 3.63) is 90.3 Å². The van der Waals surface area contributed by atoms with Crippen LogP contribution in [0.25, 0.3) is 11.1 Å². The van der Waals surface area contributed by atoms with Gasteiger partial charge in [0.1, 0.15) is 12.4 Å². The van der Waals surface area contributed by atoms with Gasteiger partial charge in [0.25, 0.3) is 0 Å². The molecule has 0 spiro atoms. The zero-order chi connectivity index (χ0) is 22.1. The van der Waals surface area contributed by atoms with Crippen molar-refractivity contribution in [2.75, 3.05) is 13.6 Å². The fourth-order valence-corrected chi connectivity index (χ4v) is 3.17. The lowest BCUT2D eigenvalue weighted by molar-refractivity contribution is 0.304. The SMILES string of the molecule is CN(C/C=C/C#CC(C)(C)C)Cc1cccc(OCc2cccc(-c3cc[nH]c3)c2)c1. The Bertz CT molecular complexity index is 1050. The van der Waals surface area contributed by atoms with E-state index in [1.165, 1.54) is 16.7 Å². The van der Waals surface area contributed by atoms with Crippen LogP contribution >= 0.6 is 0 Å². The predicted molar refractivity (Wildman–Crippen MR) is 130 cm³/mol. The van der Waals surface area contributed by atoms with E-state index in [-0.39, 0.29) is 5.41 Å². The molecule has 0 radical (unpaired) electrons. The second-order valence-corrected chi connectivity index (χ2v) is 8.85. The zero-order valence-corrected chi connectivity index (χ0v) is 19.0. The van der Waals surface area contributed by atoms with Gasteiger partial charge in [-0.15, -0.1) is 0 Å². The molecule has 0 aliphatic heterocycles. The van der Waals surface area contributed by atoms with Crippen molar-refractivity contribution in [2.24, 2.45) is 5.41 Å². The van der Waals surface area contributed by atoms with E-state index < -0.39 is 0 Å². The molecule has 3 nitrogen and oxygen atoms in total. The fraction of sp³-hybridized carbons (Fsp3) is 0.286. The molecule has 0 atom stereocenters. The zero-order valence-electron chi connectivity index (χ0n) is 19.0. The van der Waals surface area contributed by atoms with Crippen molar-refractivity contribution in [3.63, 3.8) is 0 Å². The van der Waals surface area contributed by atoms with Crippen LogP contribution in [0.4, 0.5) is 0 Å². The highest BCUT2D eigenvalue weighted by atomic mass is 16.5. The number of nitrogens with one attached hydrogen (secondary N) is 1. The molecule has 31 heavy (non-hydrogen) atoms. The lowest BCUT2D eigenvalue weighted by atomic mass is 9.98. The largest absolute Gasteiger partial charge is 0.489 e. The molecule has 0 amide bonds. The van der Waals surface area contributed by atoms with Crippen LogP contribution in [0.15, 0.2) is 79.1 Å². The topological polar surface area (TPSA) is 28.3 Å². The number of allylic oxidation sites excluding steroid dienone is 1. The number of rotatable bonds is 8. The van der Waals surface area contributed by atoms with Crippen molar-refractivity contribution in [3.8, 4) is 28.7 Å². The smallest absolute Gasteiger partial charge is 0.120 e. The van der Waals surface area contributed by atoms with E-state index in [9.17, 15) is 0 Å². The molecule has 1 heterocycles. The Morgan fingerprint density at radius 1 is 1.00 bits per heavy atom. The van der Waals surface area contributed by atoms with Gasteiger partial charge in [0.2, 0.25) is 0 Å². The number of hydrogen-bond acceptors (Lipinski definition) is 2. The van der Waals surface area contributed by atoms with E-state index in [0.717, 1.165) is 24.4 Å². The van der Waals surface area contributed by atoms with Crippen molar-refractivity contribution in [1.29, 1.82) is 0 Å². The lowest BCUT2D eigenvalue weighted by Gasteiger charge is -2.15. The lowest BCUT2D eigenvalue weighted by Crippen LogP contribution is -2.17. The summed E-state index contributed by atoms with van der Waals surface area (Å²) in [6.07, 6.45) is 8.00. The van der Waals surface area contributed by atoms with E-state index in [1.54, 1.807) is 0 Å². The van der Waals surface area contributed by atoms with E-state index in [4.69, 9.17) is 4.74 Å². The van der Waals surface area contributed by atoms with Crippen LogP contribution in [0.5, 0.6) is 5.75 Å². The van der Waals surface area contributed by atoms with Crippen LogP contribution < -0.4 is 4.74 Å². The standard InChI is InChI=1S/C28H32N2O/c1-28(2,3)15-6-5-7-17-30(4)21-23-10-9-13-27(19-23)31-22-24-11-8-12-25(18-24)26-14-16-29-20-26/h5,7-14,16,18-20,29H,17,21-22H2,1-4H3/b7-5+. The number of likely N-dealkylation sites (N-methyl/N-ethyl adjacent to an activating group) is 1. The molecule has 0 aliphatic rings. The minimum atomic E-state index is 0.0417. The highest BCUT2D eigenvalue weighted by Gasteiger charge is 2.04. The van der Waals surface area contributed by atoms with Gasteiger partial charge in [0.05, 0.1) is 0 Å². The third kappa shape index (κ3) is 7.85. The highest BCUT2D eigenvalue weighted by molar-refractivity contribution is 5.63. The van der Waals surface area contributed by atoms with Gasteiger partial charge in [-0.1, -0.05) is 48.2 Å². The van der Waals surface area contributed by atoms with Crippen LogP contribution in [-0.2, 0) is 13.2 Å². The van der Waals surface area contributed by atoms with Gasteiger partial charge in [-0.05, 0) is 80.4 Å². The highest BCUT2D eigenvalue weighted by Crippen LogP contribution is 2.21. The summed E-state index contributed by atoms with van der Waals surface area (Å²) in [7, 11) is 2.11. The molecule has 0 saturated carbocycles. The molecule has 160 valence electrons. The van der Waals surface area contributed by atoms with Gasteiger partial charge in [0, 0.05) is 30.9 Å². The number of hydrogen-bond donors (Lipinski definition) is 1. The first-order chi connectivity index (χ1) is 14.9. The molecule has 1 aromatic heterocycles. The van der Waals surface area contributed by atoms with Crippen LogP contribution in [0.3, 0.4) is 0 Å². The molecule has 3 heteroatoms. The third-order valence-corrected chi connectivity index (χ3v) is 4.68. The van der Waals surface area contributed by atoms with Crippen molar-refractivity contribution >= 4 is 0 Å². The summed E-state index contributed by atoms with van der Waals surface area (Å²) >= 11 is 0. The summed E-state index contributed by atoms with van der Waals surface area (Å²) in [6.45, 7) is 8.62. The number of aromatic nitrogens is 1. The van der Waals surface area contributed by atoms with Gasteiger partial charge < -0.3 is 9.72 Å². The van der Waals surface area contributed by atoms with Gasteiger partial charge in [-0.3, -0.25) is 4.90 Å². The molecule has 2 aromatic carbocycles. The molecule has 0 bridgehead atoms. The van der Waals surface area contributed by atoms with E-state index in [2.05, 4.69) is 104 Å². The van der Waals surface area contributed by atoms with Crippen LogP contribution in [-0.4, -0.2) is 23.5 Å². The van der Waals surface area contributed by atoms with E-state index in [0.29, 0.717) is 6.61 Å². The molecule has 1 N–H and O–H groups in total. The molecule has 0 aliphatic carbocycles.